The summed E-state index contributed by atoms with van der Waals surface area (Å²) in [5.41, 5.74) is 0.993. The summed E-state index contributed by atoms with van der Waals surface area (Å²) in [6.45, 7) is 10.2. The first-order valence-corrected chi connectivity index (χ1v) is 8.50. The number of morpholine rings is 1. The standard InChI is InChI=1S/C15H24BrN3O2/c1-15(2,3)12(9-16)11-19-14(20)8-13(10-17-19)18-4-6-21-7-5-18/h8,10,12H,4-7,9,11H2,1-3H3. The zero-order valence-electron chi connectivity index (χ0n) is 13.0. The molecule has 0 radical (unpaired) electrons. The number of rotatable bonds is 4. The van der Waals surface area contributed by atoms with Crippen LogP contribution in [-0.4, -0.2) is 41.4 Å². The summed E-state index contributed by atoms with van der Waals surface area (Å²) in [4.78, 5) is 14.4. The average molecular weight is 358 g/mol. The second-order valence-electron chi connectivity index (χ2n) is 6.55. The maximum absolute atomic E-state index is 12.3. The second kappa shape index (κ2) is 6.92. The quantitative estimate of drug-likeness (QED) is 0.774. The molecule has 0 saturated carbocycles. The lowest BCUT2D eigenvalue weighted by molar-refractivity contribution is 0.122. The van der Waals surface area contributed by atoms with Crippen molar-refractivity contribution in [3.63, 3.8) is 0 Å². The molecule has 1 saturated heterocycles. The fourth-order valence-corrected chi connectivity index (χ4v) is 3.49. The van der Waals surface area contributed by atoms with Gasteiger partial charge in [-0.15, -0.1) is 0 Å². The van der Waals surface area contributed by atoms with E-state index in [9.17, 15) is 4.79 Å². The summed E-state index contributed by atoms with van der Waals surface area (Å²) in [7, 11) is 0. The monoisotopic (exact) mass is 357 g/mol. The van der Waals surface area contributed by atoms with Gasteiger partial charge in [-0.25, -0.2) is 4.68 Å². The fourth-order valence-electron chi connectivity index (χ4n) is 2.32. The Morgan fingerprint density at radius 2 is 2.05 bits per heavy atom. The van der Waals surface area contributed by atoms with E-state index in [4.69, 9.17) is 4.74 Å². The predicted molar refractivity (Wildman–Crippen MR) is 88.3 cm³/mol. The minimum Gasteiger partial charge on any atom is -0.378 e. The number of hydrogen-bond donors (Lipinski definition) is 0. The molecule has 1 aliphatic rings. The van der Waals surface area contributed by atoms with Gasteiger partial charge in [0.2, 0.25) is 0 Å². The van der Waals surface area contributed by atoms with E-state index in [0.29, 0.717) is 25.7 Å². The van der Waals surface area contributed by atoms with Crippen LogP contribution in [0.4, 0.5) is 5.69 Å². The first-order chi connectivity index (χ1) is 9.91. The molecular formula is C15H24BrN3O2. The van der Waals surface area contributed by atoms with Crippen LogP contribution >= 0.6 is 15.9 Å². The van der Waals surface area contributed by atoms with Crippen molar-refractivity contribution in [2.24, 2.45) is 11.3 Å². The Kier molecular flexibility index (Phi) is 5.43. The van der Waals surface area contributed by atoms with Gasteiger partial charge >= 0.3 is 0 Å². The molecule has 0 aliphatic carbocycles. The molecule has 21 heavy (non-hydrogen) atoms. The third kappa shape index (κ3) is 4.30. The zero-order valence-corrected chi connectivity index (χ0v) is 14.6. The van der Waals surface area contributed by atoms with Crippen LogP contribution in [0.5, 0.6) is 0 Å². The number of ether oxygens (including phenoxy) is 1. The summed E-state index contributed by atoms with van der Waals surface area (Å²) in [5, 5.41) is 5.21. The Balaban J connectivity index is 2.13. The highest BCUT2D eigenvalue weighted by Crippen LogP contribution is 2.28. The van der Waals surface area contributed by atoms with Crippen molar-refractivity contribution in [1.82, 2.24) is 9.78 Å². The lowest BCUT2D eigenvalue weighted by atomic mass is 9.82. The first kappa shape index (κ1) is 16.5. The molecule has 1 fully saturated rings. The van der Waals surface area contributed by atoms with Gasteiger partial charge in [-0.2, -0.15) is 5.10 Å². The molecule has 1 aliphatic heterocycles. The molecular weight excluding hydrogens is 334 g/mol. The van der Waals surface area contributed by atoms with E-state index >= 15 is 0 Å². The van der Waals surface area contributed by atoms with Crippen molar-refractivity contribution in [2.75, 3.05) is 36.5 Å². The third-order valence-corrected chi connectivity index (χ3v) is 4.82. The summed E-state index contributed by atoms with van der Waals surface area (Å²) in [6.07, 6.45) is 1.79. The number of nitrogens with zero attached hydrogens (tertiary/aromatic N) is 3. The van der Waals surface area contributed by atoms with Crippen LogP contribution in [0.1, 0.15) is 20.8 Å². The van der Waals surface area contributed by atoms with E-state index in [-0.39, 0.29) is 11.0 Å². The average Bonchev–Trinajstić information content (AvgIpc) is 2.45. The summed E-state index contributed by atoms with van der Waals surface area (Å²) in [6, 6.07) is 1.69. The highest BCUT2D eigenvalue weighted by Gasteiger charge is 2.24. The Morgan fingerprint density at radius 1 is 1.38 bits per heavy atom. The first-order valence-electron chi connectivity index (χ1n) is 7.37. The molecule has 118 valence electrons. The molecule has 0 N–H and O–H groups in total. The van der Waals surface area contributed by atoms with Crippen LogP contribution in [0, 0.1) is 11.3 Å². The topological polar surface area (TPSA) is 47.4 Å². The zero-order chi connectivity index (χ0) is 15.5. The van der Waals surface area contributed by atoms with Gasteiger partial charge in [-0.1, -0.05) is 36.7 Å². The van der Waals surface area contributed by atoms with Gasteiger partial charge in [0.15, 0.2) is 0 Å². The van der Waals surface area contributed by atoms with Gasteiger partial charge < -0.3 is 9.64 Å². The van der Waals surface area contributed by atoms with E-state index in [1.165, 1.54) is 0 Å². The maximum Gasteiger partial charge on any atom is 0.268 e. The molecule has 5 nitrogen and oxygen atoms in total. The number of anilines is 1. The summed E-state index contributed by atoms with van der Waals surface area (Å²) in [5.74, 6) is 0.358. The molecule has 0 spiro atoms. The van der Waals surface area contributed by atoms with Gasteiger partial charge in [0, 0.05) is 31.0 Å². The Morgan fingerprint density at radius 3 is 2.57 bits per heavy atom. The van der Waals surface area contributed by atoms with Crippen molar-refractivity contribution in [2.45, 2.75) is 27.3 Å². The van der Waals surface area contributed by atoms with Gasteiger partial charge in [0.25, 0.3) is 5.56 Å². The molecule has 0 amide bonds. The van der Waals surface area contributed by atoms with E-state index in [1.54, 1.807) is 16.9 Å². The highest BCUT2D eigenvalue weighted by atomic mass is 79.9. The maximum atomic E-state index is 12.3. The fraction of sp³-hybridized carbons (Fsp3) is 0.733. The van der Waals surface area contributed by atoms with Crippen LogP contribution < -0.4 is 10.5 Å². The van der Waals surface area contributed by atoms with Crippen molar-refractivity contribution in [1.29, 1.82) is 0 Å². The van der Waals surface area contributed by atoms with Gasteiger partial charge in [-0.3, -0.25) is 4.79 Å². The molecule has 1 aromatic rings. The van der Waals surface area contributed by atoms with Gasteiger partial charge in [0.05, 0.1) is 25.1 Å². The van der Waals surface area contributed by atoms with E-state index in [0.717, 1.165) is 24.1 Å². The van der Waals surface area contributed by atoms with Crippen molar-refractivity contribution < 1.29 is 4.74 Å². The molecule has 1 unspecified atom stereocenters. The third-order valence-electron chi connectivity index (χ3n) is 4.04. The van der Waals surface area contributed by atoms with Gasteiger partial charge in [-0.05, 0) is 11.3 Å². The van der Waals surface area contributed by atoms with Crippen molar-refractivity contribution in [3.8, 4) is 0 Å². The van der Waals surface area contributed by atoms with Crippen LogP contribution in [0.15, 0.2) is 17.1 Å². The van der Waals surface area contributed by atoms with Crippen LogP contribution in [0.2, 0.25) is 0 Å². The number of aromatic nitrogens is 2. The van der Waals surface area contributed by atoms with E-state index < -0.39 is 0 Å². The number of alkyl halides is 1. The molecule has 2 rings (SSSR count). The van der Waals surface area contributed by atoms with E-state index in [2.05, 4.69) is 46.7 Å². The Labute approximate surface area is 134 Å². The molecule has 6 heteroatoms. The molecule has 2 heterocycles. The molecule has 1 aromatic heterocycles. The van der Waals surface area contributed by atoms with Crippen LogP contribution in [-0.2, 0) is 11.3 Å². The normalized spacial score (nSPS) is 17.8. The smallest absolute Gasteiger partial charge is 0.268 e. The Hall–Kier alpha value is -0.880. The molecule has 1 atom stereocenters. The minimum atomic E-state index is -0.0332. The van der Waals surface area contributed by atoms with Crippen LogP contribution in [0.3, 0.4) is 0 Å². The van der Waals surface area contributed by atoms with Crippen molar-refractivity contribution >= 4 is 21.6 Å². The van der Waals surface area contributed by atoms with Crippen molar-refractivity contribution in [3.05, 3.63) is 22.6 Å². The summed E-state index contributed by atoms with van der Waals surface area (Å²) >= 11 is 3.55. The predicted octanol–water partition coefficient (Wildman–Crippen LogP) is 2.14. The lowest BCUT2D eigenvalue weighted by Gasteiger charge is -2.30. The van der Waals surface area contributed by atoms with Gasteiger partial charge in [0.1, 0.15) is 0 Å². The number of halogens is 1. The largest absolute Gasteiger partial charge is 0.378 e. The second-order valence-corrected chi connectivity index (χ2v) is 7.20. The molecule has 0 bridgehead atoms. The van der Waals surface area contributed by atoms with Crippen LogP contribution in [0.25, 0.3) is 0 Å². The minimum absolute atomic E-state index is 0.0332. The lowest BCUT2D eigenvalue weighted by Crippen LogP contribution is -2.38. The number of hydrogen-bond acceptors (Lipinski definition) is 4. The summed E-state index contributed by atoms with van der Waals surface area (Å²) < 4.78 is 6.90. The SMILES string of the molecule is CC(C)(C)C(CBr)Cn1ncc(N2CCOCC2)cc1=O. The highest BCUT2D eigenvalue weighted by molar-refractivity contribution is 9.09. The molecule has 0 aromatic carbocycles. The Bertz CT molecular complexity index is 518. The van der Waals surface area contributed by atoms with E-state index in [1.807, 2.05) is 0 Å².